The van der Waals surface area contributed by atoms with Crippen LogP contribution in [0.2, 0.25) is 5.02 Å². The Bertz CT molecular complexity index is 2220. The van der Waals surface area contributed by atoms with E-state index >= 15 is 0 Å². The summed E-state index contributed by atoms with van der Waals surface area (Å²) in [7, 11) is -2.18. The van der Waals surface area contributed by atoms with Crippen molar-refractivity contribution in [2.24, 2.45) is 5.92 Å². The summed E-state index contributed by atoms with van der Waals surface area (Å²) in [5.41, 5.74) is 4.16. The Morgan fingerprint density at radius 1 is 0.948 bits per heavy atom. The number of aliphatic hydroxyl groups excluding tert-OH is 2. The molecule has 0 spiro atoms. The number of esters is 1. The molecular weight excluding hydrogens is 790 g/mol. The molecule has 0 saturated carbocycles. The Labute approximate surface area is 343 Å². The molecule has 2 unspecified atom stereocenters. The standard InChI is InChI=1S/C42H50ClN3O11S/c1-26-29(9-6-10-32(26)33-11-7-12-37(27(33)2)55-14-8-13-46-21-34(36(48)22-46)40(49)54-4)24-57-39-17-38(56-23-28-15-31(20-44-18-28)58(5,52)53)30(16-35(39)43)19-45-42(3,25-47)41(50)51/h6-7,9-12,15-18,20,34,36,45,47-48H,8,13-14,19,21-25H2,1-5H3,(H,50,51)/t34?,36?,42-/m0/s1. The zero-order chi connectivity index (χ0) is 42.2. The van der Waals surface area contributed by atoms with Crippen LogP contribution in [0, 0.1) is 19.8 Å². The van der Waals surface area contributed by atoms with E-state index in [1.807, 2.05) is 55.1 Å². The molecule has 16 heteroatoms. The Balaban J connectivity index is 1.30. The van der Waals surface area contributed by atoms with E-state index in [1.54, 1.807) is 12.1 Å². The summed E-state index contributed by atoms with van der Waals surface area (Å²) in [6.45, 7) is 6.75. The van der Waals surface area contributed by atoms with Gasteiger partial charge in [-0.25, -0.2) is 8.42 Å². The van der Waals surface area contributed by atoms with E-state index in [4.69, 9.17) is 30.5 Å². The summed E-state index contributed by atoms with van der Waals surface area (Å²) in [6, 6.07) is 16.5. The van der Waals surface area contributed by atoms with Gasteiger partial charge in [0.15, 0.2) is 9.84 Å². The Hall–Kier alpha value is -4.77. The number of likely N-dealkylation sites (tertiary alicyclic amines) is 1. The van der Waals surface area contributed by atoms with Crippen LogP contribution in [-0.2, 0) is 43.9 Å². The number of pyridine rings is 1. The molecule has 1 aromatic heterocycles. The number of aliphatic carboxylic acids is 1. The first-order valence-corrected chi connectivity index (χ1v) is 20.9. The number of carboxylic acids is 1. The van der Waals surface area contributed by atoms with Gasteiger partial charge in [0, 0.05) is 62.0 Å². The number of hydrogen-bond donors (Lipinski definition) is 4. The van der Waals surface area contributed by atoms with Gasteiger partial charge in [-0.3, -0.25) is 24.8 Å². The van der Waals surface area contributed by atoms with Crippen LogP contribution < -0.4 is 19.5 Å². The Morgan fingerprint density at radius 2 is 1.66 bits per heavy atom. The number of sulfone groups is 1. The number of aliphatic hydroxyl groups is 2. The van der Waals surface area contributed by atoms with Crippen LogP contribution in [0.15, 0.2) is 71.9 Å². The molecule has 58 heavy (non-hydrogen) atoms. The van der Waals surface area contributed by atoms with Gasteiger partial charge in [0.05, 0.1) is 42.3 Å². The van der Waals surface area contributed by atoms with Crippen LogP contribution in [0.4, 0.5) is 0 Å². The molecule has 0 bridgehead atoms. The van der Waals surface area contributed by atoms with Crippen molar-refractivity contribution in [3.8, 4) is 28.4 Å². The fraction of sp³-hybridized carbons (Fsp3) is 0.405. The molecule has 0 amide bonds. The van der Waals surface area contributed by atoms with Crippen molar-refractivity contribution in [3.05, 3.63) is 99.8 Å². The van der Waals surface area contributed by atoms with Crippen molar-refractivity contribution in [1.82, 2.24) is 15.2 Å². The molecule has 3 atom stereocenters. The summed E-state index contributed by atoms with van der Waals surface area (Å²) < 4.78 is 47.7. The lowest BCUT2D eigenvalue weighted by Crippen LogP contribution is -2.52. The van der Waals surface area contributed by atoms with E-state index in [0.29, 0.717) is 55.3 Å². The average Bonchev–Trinajstić information content (AvgIpc) is 3.58. The SMILES string of the molecule is COC(=O)C1CN(CCCOc2cccc(-c3cccc(COc4cc(OCc5cncc(S(C)(=O)=O)c5)c(CN[C@@](C)(CO)C(=O)O)cc4Cl)c3C)c2C)CC1O. The number of benzene rings is 3. The van der Waals surface area contributed by atoms with Gasteiger partial charge in [0.1, 0.15) is 36.0 Å². The molecule has 4 aromatic rings. The van der Waals surface area contributed by atoms with Crippen molar-refractivity contribution >= 4 is 33.4 Å². The minimum Gasteiger partial charge on any atom is -0.493 e. The van der Waals surface area contributed by atoms with Crippen molar-refractivity contribution in [3.63, 3.8) is 0 Å². The lowest BCUT2D eigenvalue weighted by molar-refractivity contribution is -0.148. The zero-order valence-corrected chi connectivity index (χ0v) is 34.7. The van der Waals surface area contributed by atoms with Crippen LogP contribution >= 0.6 is 11.6 Å². The molecule has 14 nitrogen and oxygen atoms in total. The average molecular weight is 840 g/mol. The molecule has 1 aliphatic rings. The summed E-state index contributed by atoms with van der Waals surface area (Å²) in [5.74, 6) is -0.832. The number of carbonyl (C=O) groups is 2. The maximum atomic E-state index is 12.1. The highest BCUT2D eigenvalue weighted by atomic mass is 35.5. The number of carbonyl (C=O) groups excluding carboxylic acids is 1. The molecule has 1 aliphatic heterocycles. The second-order valence-electron chi connectivity index (χ2n) is 14.6. The number of ether oxygens (including phenoxy) is 4. The number of carboxylic acid groups (broad SMARTS) is 1. The van der Waals surface area contributed by atoms with E-state index in [-0.39, 0.29) is 29.7 Å². The minimum absolute atomic E-state index is 0.0374. The zero-order valence-electron chi connectivity index (χ0n) is 33.2. The van der Waals surface area contributed by atoms with Gasteiger partial charge in [-0.15, -0.1) is 0 Å². The first-order chi connectivity index (χ1) is 27.5. The van der Waals surface area contributed by atoms with Gasteiger partial charge in [0.2, 0.25) is 0 Å². The van der Waals surface area contributed by atoms with Gasteiger partial charge in [-0.1, -0.05) is 41.9 Å². The molecule has 0 aliphatic carbocycles. The van der Waals surface area contributed by atoms with Gasteiger partial charge < -0.3 is 34.3 Å². The summed E-state index contributed by atoms with van der Waals surface area (Å²) in [5, 5.41) is 32.8. The van der Waals surface area contributed by atoms with Crippen LogP contribution in [0.1, 0.15) is 41.2 Å². The van der Waals surface area contributed by atoms with Gasteiger partial charge in [-0.05, 0) is 73.2 Å². The number of nitrogens with one attached hydrogen (secondary N) is 1. The smallest absolute Gasteiger partial charge is 0.326 e. The molecule has 0 radical (unpaired) electrons. The number of halogens is 1. The van der Waals surface area contributed by atoms with Gasteiger partial charge in [0.25, 0.3) is 0 Å². The minimum atomic E-state index is -3.51. The number of hydrogen-bond acceptors (Lipinski definition) is 13. The first kappa shape index (κ1) is 44.3. The number of methoxy groups -OCH3 is 1. The Kier molecular flexibility index (Phi) is 14.8. The maximum Gasteiger partial charge on any atom is 0.326 e. The van der Waals surface area contributed by atoms with Gasteiger partial charge in [-0.2, -0.15) is 0 Å². The molecule has 4 N–H and O–H groups in total. The fourth-order valence-electron chi connectivity index (χ4n) is 6.61. The van der Waals surface area contributed by atoms with Crippen molar-refractivity contribution in [2.75, 3.05) is 46.2 Å². The van der Waals surface area contributed by atoms with Crippen LogP contribution in [-0.4, -0.2) is 103 Å². The molecule has 2 heterocycles. The van der Waals surface area contributed by atoms with E-state index in [0.717, 1.165) is 39.8 Å². The highest BCUT2D eigenvalue weighted by Gasteiger charge is 2.37. The lowest BCUT2D eigenvalue weighted by Gasteiger charge is -2.25. The van der Waals surface area contributed by atoms with E-state index in [9.17, 15) is 33.3 Å². The highest BCUT2D eigenvalue weighted by Crippen LogP contribution is 2.37. The predicted octanol–water partition coefficient (Wildman–Crippen LogP) is 4.74. The van der Waals surface area contributed by atoms with E-state index in [1.165, 1.54) is 32.5 Å². The molecular formula is C42H50ClN3O11S. The molecule has 1 saturated heterocycles. The van der Waals surface area contributed by atoms with Crippen molar-refractivity contribution < 1.29 is 52.3 Å². The van der Waals surface area contributed by atoms with E-state index in [2.05, 4.69) is 10.3 Å². The normalized spacial score (nSPS) is 16.8. The second kappa shape index (κ2) is 19.3. The number of rotatable bonds is 19. The molecule has 1 fully saturated rings. The molecule has 312 valence electrons. The largest absolute Gasteiger partial charge is 0.493 e. The first-order valence-electron chi connectivity index (χ1n) is 18.7. The lowest BCUT2D eigenvalue weighted by atomic mass is 9.93. The molecule has 3 aromatic carbocycles. The number of aromatic nitrogens is 1. The number of β-amino-alcohol motifs (C(OH)–C–C–N with tert-alkyl or cyclic N) is 1. The van der Waals surface area contributed by atoms with E-state index < -0.39 is 45.9 Å². The monoisotopic (exact) mass is 839 g/mol. The second-order valence-corrected chi connectivity index (χ2v) is 17.0. The van der Waals surface area contributed by atoms with Crippen molar-refractivity contribution in [1.29, 1.82) is 0 Å². The Morgan fingerprint density at radius 3 is 2.34 bits per heavy atom. The van der Waals surface area contributed by atoms with Crippen LogP contribution in [0.5, 0.6) is 17.2 Å². The third-order valence-electron chi connectivity index (χ3n) is 10.3. The quantitative estimate of drug-likeness (QED) is 0.0747. The summed E-state index contributed by atoms with van der Waals surface area (Å²) in [6.07, 6.45) is 3.79. The van der Waals surface area contributed by atoms with Crippen LogP contribution in [0.3, 0.4) is 0 Å². The third kappa shape index (κ3) is 10.8. The predicted molar refractivity (Wildman–Crippen MR) is 217 cm³/mol. The maximum absolute atomic E-state index is 12.1. The number of nitrogens with zero attached hydrogens (tertiary/aromatic N) is 2. The summed E-state index contributed by atoms with van der Waals surface area (Å²) in [4.78, 5) is 29.9. The molecule has 5 rings (SSSR count). The third-order valence-corrected chi connectivity index (χ3v) is 11.7. The fourth-order valence-corrected chi connectivity index (χ4v) is 7.47. The topological polar surface area (TPSA) is 194 Å². The highest BCUT2D eigenvalue weighted by molar-refractivity contribution is 7.90. The van der Waals surface area contributed by atoms with Crippen molar-refractivity contribution in [2.45, 2.75) is 63.5 Å². The summed E-state index contributed by atoms with van der Waals surface area (Å²) >= 11 is 6.73. The van der Waals surface area contributed by atoms with Crippen LogP contribution in [0.25, 0.3) is 11.1 Å². The van der Waals surface area contributed by atoms with Gasteiger partial charge >= 0.3 is 11.9 Å².